The van der Waals surface area contributed by atoms with Gasteiger partial charge in [-0.3, -0.25) is 14.5 Å². The van der Waals surface area contributed by atoms with Gasteiger partial charge in [0, 0.05) is 6.04 Å². The minimum absolute atomic E-state index is 0.0310. The molecular weight excluding hydrogens is 338 g/mol. The number of benzene rings is 1. The van der Waals surface area contributed by atoms with Crippen LogP contribution in [0.25, 0.3) is 0 Å². The summed E-state index contributed by atoms with van der Waals surface area (Å²) in [6, 6.07) is 4.52. The van der Waals surface area contributed by atoms with Crippen LogP contribution in [0.15, 0.2) is 18.2 Å². The van der Waals surface area contributed by atoms with Gasteiger partial charge in [0.25, 0.3) is 5.91 Å². The zero-order valence-electron chi connectivity index (χ0n) is 15.1. The molecule has 0 saturated carbocycles. The number of rotatable bonds is 6. The maximum Gasteiger partial charge on any atom is 0.325 e. The molecule has 2 heterocycles. The van der Waals surface area contributed by atoms with E-state index in [0.717, 1.165) is 17.7 Å². The molecule has 1 fully saturated rings. The van der Waals surface area contributed by atoms with Gasteiger partial charge in [0.2, 0.25) is 12.7 Å². The maximum atomic E-state index is 12.9. The van der Waals surface area contributed by atoms with Crippen molar-refractivity contribution in [3.63, 3.8) is 0 Å². The first-order chi connectivity index (χ1) is 12.4. The highest BCUT2D eigenvalue weighted by Gasteiger charge is 2.49. The van der Waals surface area contributed by atoms with E-state index in [9.17, 15) is 14.4 Å². The van der Waals surface area contributed by atoms with E-state index in [1.54, 1.807) is 25.1 Å². The van der Waals surface area contributed by atoms with Crippen molar-refractivity contribution < 1.29 is 23.9 Å². The Morgan fingerprint density at radius 2 is 1.96 bits per heavy atom. The summed E-state index contributed by atoms with van der Waals surface area (Å²) in [6.45, 7) is 5.38. The number of nitrogens with zero attached hydrogens (tertiary/aromatic N) is 1. The lowest BCUT2D eigenvalue weighted by Gasteiger charge is -2.22. The summed E-state index contributed by atoms with van der Waals surface area (Å²) in [5.74, 6) is 0.296. The number of imide groups is 1. The topological polar surface area (TPSA) is 97.0 Å². The molecule has 140 valence electrons. The average molecular weight is 361 g/mol. The monoisotopic (exact) mass is 361 g/mol. The number of amides is 4. The Morgan fingerprint density at radius 3 is 2.65 bits per heavy atom. The molecule has 1 atom stereocenters. The third kappa shape index (κ3) is 3.07. The van der Waals surface area contributed by atoms with Crippen LogP contribution >= 0.6 is 0 Å². The SMILES string of the molecule is CCC(CC)NC(=O)CN1C(=O)N[C@@](C)(c2ccc3c(c2)OCO3)C1=O. The van der Waals surface area contributed by atoms with Crippen LogP contribution in [0.2, 0.25) is 0 Å². The van der Waals surface area contributed by atoms with E-state index in [0.29, 0.717) is 17.1 Å². The van der Waals surface area contributed by atoms with Gasteiger partial charge >= 0.3 is 6.03 Å². The summed E-state index contributed by atoms with van der Waals surface area (Å²) in [4.78, 5) is 38.4. The molecule has 8 heteroatoms. The van der Waals surface area contributed by atoms with Gasteiger partial charge in [-0.15, -0.1) is 0 Å². The lowest BCUT2D eigenvalue weighted by atomic mass is 9.91. The van der Waals surface area contributed by atoms with Crippen LogP contribution in [0.3, 0.4) is 0 Å². The van der Waals surface area contributed by atoms with Gasteiger partial charge in [0.1, 0.15) is 12.1 Å². The smallest absolute Gasteiger partial charge is 0.325 e. The van der Waals surface area contributed by atoms with Crippen LogP contribution in [0.4, 0.5) is 4.79 Å². The van der Waals surface area contributed by atoms with Crippen LogP contribution in [0, 0.1) is 0 Å². The zero-order valence-corrected chi connectivity index (χ0v) is 15.1. The van der Waals surface area contributed by atoms with Crippen LogP contribution in [0.1, 0.15) is 39.2 Å². The number of ether oxygens (including phenoxy) is 2. The first kappa shape index (κ1) is 18.0. The van der Waals surface area contributed by atoms with Crippen molar-refractivity contribution in [2.75, 3.05) is 13.3 Å². The van der Waals surface area contributed by atoms with E-state index >= 15 is 0 Å². The molecule has 0 aromatic heterocycles. The highest BCUT2D eigenvalue weighted by molar-refractivity contribution is 6.09. The first-order valence-electron chi connectivity index (χ1n) is 8.72. The Hall–Kier alpha value is -2.77. The van der Waals surface area contributed by atoms with Crippen molar-refractivity contribution in [1.82, 2.24) is 15.5 Å². The molecule has 8 nitrogen and oxygen atoms in total. The number of nitrogens with one attached hydrogen (secondary N) is 2. The predicted molar refractivity (Wildman–Crippen MR) is 92.7 cm³/mol. The fourth-order valence-electron chi connectivity index (χ4n) is 3.15. The normalized spacial score (nSPS) is 21.3. The zero-order chi connectivity index (χ0) is 18.9. The third-order valence-electron chi connectivity index (χ3n) is 4.88. The van der Waals surface area contributed by atoms with Crippen molar-refractivity contribution in [2.45, 2.75) is 45.2 Å². The van der Waals surface area contributed by atoms with E-state index in [4.69, 9.17) is 9.47 Å². The van der Waals surface area contributed by atoms with Gasteiger partial charge in [0.15, 0.2) is 11.5 Å². The van der Waals surface area contributed by atoms with E-state index < -0.39 is 17.5 Å². The van der Waals surface area contributed by atoms with E-state index in [2.05, 4.69) is 10.6 Å². The first-order valence-corrected chi connectivity index (χ1v) is 8.72. The van der Waals surface area contributed by atoms with Crippen molar-refractivity contribution in [3.05, 3.63) is 23.8 Å². The van der Waals surface area contributed by atoms with Crippen molar-refractivity contribution in [2.24, 2.45) is 0 Å². The Bertz CT molecular complexity index is 746. The van der Waals surface area contributed by atoms with Gasteiger partial charge in [-0.05, 0) is 37.5 Å². The molecule has 4 amide bonds. The largest absolute Gasteiger partial charge is 0.454 e. The van der Waals surface area contributed by atoms with Gasteiger partial charge in [-0.2, -0.15) is 0 Å². The minimum Gasteiger partial charge on any atom is -0.454 e. The predicted octanol–water partition coefficient (Wildman–Crippen LogP) is 1.49. The lowest BCUT2D eigenvalue weighted by molar-refractivity contribution is -0.135. The van der Waals surface area contributed by atoms with Crippen LogP contribution < -0.4 is 20.1 Å². The van der Waals surface area contributed by atoms with Crippen LogP contribution in [-0.2, 0) is 15.1 Å². The molecule has 0 radical (unpaired) electrons. The number of carbonyl (C=O) groups is 3. The molecule has 2 aliphatic heterocycles. The quantitative estimate of drug-likeness (QED) is 0.748. The fourth-order valence-corrected chi connectivity index (χ4v) is 3.15. The fraction of sp³-hybridized carbons (Fsp3) is 0.500. The molecular formula is C18H23N3O5. The summed E-state index contributed by atoms with van der Waals surface area (Å²) in [5.41, 5.74) is -0.684. The van der Waals surface area contributed by atoms with Gasteiger partial charge in [0.05, 0.1) is 0 Å². The van der Waals surface area contributed by atoms with E-state index in [1.165, 1.54) is 0 Å². The molecule has 0 bridgehead atoms. The molecule has 2 N–H and O–H groups in total. The standard InChI is InChI=1S/C18H23N3O5/c1-4-12(5-2)19-15(22)9-21-16(23)18(3,20-17(21)24)11-6-7-13-14(8-11)26-10-25-13/h6-8,12H,4-5,9-10H2,1-3H3,(H,19,22)(H,20,24)/t18-/m0/s1. The average Bonchev–Trinajstić information content (AvgIpc) is 3.18. The number of fused-ring (bicyclic) bond motifs is 1. The van der Waals surface area contributed by atoms with Gasteiger partial charge in [-0.25, -0.2) is 4.79 Å². The summed E-state index contributed by atoms with van der Waals surface area (Å²) in [7, 11) is 0. The van der Waals surface area contributed by atoms with Crippen molar-refractivity contribution in [1.29, 1.82) is 0 Å². The molecule has 3 rings (SSSR count). The van der Waals surface area contributed by atoms with Crippen molar-refractivity contribution in [3.8, 4) is 11.5 Å². The lowest BCUT2D eigenvalue weighted by Crippen LogP contribution is -2.45. The summed E-state index contributed by atoms with van der Waals surface area (Å²) >= 11 is 0. The number of urea groups is 1. The third-order valence-corrected chi connectivity index (χ3v) is 4.88. The summed E-state index contributed by atoms with van der Waals surface area (Å²) in [6.07, 6.45) is 1.58. The second-order valence-electron chi connectivity index (χ2n) is 6.60. The number of carbonyl (C=O) groups excluding carboxylic acids is 3. The van der Waals surface area contributed by atoms with E-state index in [-0.39, 0.29) is 25.3 Å². The highest BCUT2D eigenvalue weighted by Crippen LogP contribution is 2.37. The van der Waals surface area contributed by atoms with Gasteiger partial charge in [-0.1, -0.05) is 19.9 Å². The second-order valence-corrected chi connectivity index (χ2v) is 6.60. The highest BCUT2D eigenvalue weighted by atomic mass is 16.7. The Balaban J connectivity index is 1.76. The number of hydrogen-bond donors (Lipinski definition) is 2. The molecule has 1 saturated heterocycles. The molecule has 0 aliphatic carbocycles. The molecule has 26 heavy (non-hydrogen) atoms. The van der Waals surface area contributed by atoms with Gasteiger partial charge < -0.3 is 20.1 Å². The Morgan fingerprint density at radius 1 is 1.27 bits per heavy atom. The second kappa shape index (κ2) is 6.86. The van der Waals surface area contributed by atoms with Crippen LogP contribution in [0.5, 0.6) is 11.5 Å². The molecule has 1 aromatic carbocycles. The number of hydrogen-bond acceptors (Lipinski definition) is 5. The molecule has 1 aromatic rings. The summed E-state index contributed by atoms with van der Waals surface area (Å²) < 4.78 is 10.6. The van der Waals surface area contributed by atoms with Crippen molar-refractivity contribution >= 4 is 17.8 Å². The van der Waals surface area contributed by atoms with Crippen LogP contribution in [-0.4, -0.2) is 42.1 Å². The maximum absolute atomic E-state index is 12.9. The Labute approximate surface area is 151 Å². The summed E-state index contributed by atoms with van der Waals surface area (Å²) in [5, 5.41) is 5.52. The molecule has 0 unspecified atom stereocenters. The van der Waals surface area contributed by atoms with E-state index in [1.807, 2.05) is 13.8 Å². The molecule has 0 spiro atoms. The minimum atomic E-state index is -1.26. The molecule has 2 aliphatic rings. The Kier molecular flexibility index (Phi) is 4.76.